The van der Waals surface area contributed by atoms with E-state index in [1.807, 2.05) is 6.92 Å². The largest absolute Gasteiger partial charge is 0.465 e. The maximum Gasteiger partial charge on any atom is 0.337 e. The predicted octanol–water partition coefficient (Wildman–Crippen LogP) is 1.79. The van der Waals surface area contributed by atoms with Gasteiger partial charge in [-0.25, -0.2) is 4.79 Å². The Morgan fingerprint density at radius 2 is 2.28 bits per heavy atom. The predicted molar refractivity (Wildman–Crippen MR) is 66.6 cm³/mol. The molecule has 0 spiro atoms. The van der Waals surface area contributed by atoms with Gasteiger partial charge in [0.25, 0.3) is 0 Å². The van der Waals surface area contributed by atoms with Gasteiger partial charge < -0.3 is 9.53 Å². The molecule has 94 valence electrons. The van der Waals surface area contributed by atoms with E-state index >= 15 is 0 Å². The van der Waals surface area contributed by atoms with Crippen molar-refractivity contribution in [2.24, 2.45) is 0 Å². The third-order valence-corrected chi connectivity index (χ3v) is 2.86. The highest BCUT2D eigenvalue weighted by atomic mass is 16.5. The molecule has 0 aliphatic heterocycles. The number of hydrogen-bond acceptors (Lipinski definition) is 4. The van der Waals surface area contributed by atoms with Crippen LogP contribution in [0.1, 0.15) is 28.0 Å². The molecule has 2 aromatic rings. The molecule has 0 atom stereocenters. The van der Waals surface area contributed by atoms with Gasteiger partial charge >= 0.3 is 5.97 Å². The zero-order valence-electron chi connectivity index (χ0n) is 10.3. The Balaban J connectivity index is 2.50. The Kier molecular flexibility index (Phi) is 3.41. The van der Waals surface area contributed by atoms with Crippen molar-refractivity contribution in [3.63, 3.8) is 0 Å². The SMILES string of the molecule is COC(=O)c1cc(C)c2c(CCC=O)n[nH]c2c1. The fraction of sp³-hybridized carbons (Fsp3) is 0.308. The second kappa shape index (κ2) is 5.00. The van der Waals surface area contributed by atoms with Gasteiger partial charge in [-0.05, 0) is 31.0 Å². The summed E-state index contributed by atoms with van der Waals surface area (Å²) in [5, 5.41) is 8.04. The van der Waals surface area contributed by atoms with E-state index in [2.05, 4.69) is 10.2 Å². The standard InChI is InChI=1S/C13H14N2O3/c1-8-6-9(13(17)18-2)7-11-12(8)10(14-15-11)4-3-5-16/h5-7H,3-4H2,1-2H3,(H,14,15). The molecule has 5 heteroatoms. The van der Waals surface area contributed by atoms with Gasteiger partial charge in [-0.15, -0.1) is 0 Å². The van der Waals surface area contributed by atoms with Crippen LogP contribution in [0.3, 0.4) is 0 Å². The third-order valence-electron chi connectivity index (χ3n) is 2.86. The number of aromatic nitrogens is 2. The summed E-state index contributed by atoms with van der Waals surface area (Å²) < 4.78 is 4.69. The number of aromatic amines is 1. The van der Waals surface area contributed by atoms with Crippen molar-refractivity contribution in [1.82, 2.24) is 10.2 Å². The molecule has 2 rings (SSSR count). The van der Waals surface area contributed by atoms with Crippen molar-refractivity contribution >= 4 is 23.2 Å². The lowest BCUT2D eigenvalue weighted by atomic mass is 10.0. The second-order valence-electron chi connectivity index (χ2n) is 4.08. The van der Waals surface area contributed by atoms with E-state index in [0.717, 1.165) is 28.4 Å². The summed E-state index contributed by atoms with van der Waals surface area (Å²) in [7, 11) is 1.35. The van der Waals surface area contributed by atoms with Crippen LogP contribution in [0.15, 0.2) is 12.1 Å². The lowest BCUT2D eigenvalue weighted by molar-refractivity contribution is -0.107. The number of H-pyrrole nitrogens is 1. The Morgan fingerprint density at radius 1 is 1.50 bits per heavy atom. The molecule has 0 saturated heterocycles. The van der Waals surface area contributed by atoms with Crippen LogP contribution in [0.2, 0.25) is 0 Å². The van der Waals surface area contributed by atoms with Crippen molar-refractivity contribution in [2.75, 3.05) is 7.11 Å². The number of nitrogens with one attached hydrogen (secondary N) is 1. The fourth-order valence-corrected chi connectivity index (χ4v) is 2.05. The number of fused-ring (bicyclic) bond motifs is 1. The van der Waals surface area contributed by atoms with Gasteiger partial charge in [0.15, 0.2) is 0 Å². The molecule has 0 bridgehead atoms. The zero-order valence-corrected chi connectivity index (χ0v) is 10.3. The lowest BCUT2D eigenvalue weighted by Gasteiger charge is -2.03. The van der Waals surface area contributed by atoms with Crippen LogP contribution >= 0.6 is 0 Å². The van der Waals surface area contributed by atoms with Gasteiger partial charge in [-0.3, -0.25) is 5.10 Å². The number of carbonyl (C=O) groups excluding carboxylic acids is 2. The number of carbonyl (C=O) groups is 2. The number of hydrogen-bond donors (Lipinski definition) is 1. The molecule has 0 amide bonds. The maximum atomic E-state index is 11.5. The van der Waals surface area contributed by atoms with Crippen LogP contribution in [-0.4, -0.2) is 29.6 Å². The van der Waals surface area contributed by atoms with Crippen molar-refractivity contribution < 1.29 is 14.3 Å². The quantitative estimate of drug-likeness (QED) is 0.659. The summed E-state index contributed by atoms with van der Waals surface area (Å²) in [6, 6.07) is 3.49. The number of aldehydes is 1. The molecule has 0 saturated carbocycles. The maximum absolute atomic E-state index is 11.5. The average Bonchev–Trinajstić information content (AvgIpc) is 2.78. The molecule has 0 unspecified atom stereocenters. The van der Waals surface area contributed by atoms with E-state index in [1.165, 1.54) is 7.11 Å². The molecule has 0 aliphatic rings. The normalized spacial score (nSPS) is 10.6. The first kappa shape index (κ1) is 12.3. The monoisotopic (exact) mass is 246 g/mol. The number of aryl methyl sites for hydroxylation is 2. The van der Waals surface area contributed by atoms with Crippen molar-refractivity contribution in [2.45, 2.75) is 19.8 Å². The molecule has 1 aromatic carbocycles. The number of rotatable bonds is 4. The highest BCUT2D eigenvalue weighted by molar-refractivity contribution is 5.96. The summed E-state index contributed by atoms with van der Waals surface area (Å²) in [6.45, 7) is 1.91. The first-order chi connectivity index (χ1) is 8.67. The van der Waals surface area contributed by atoms with Crippen molar-refractivity contribution in [3.05, 3.63) is 29.0 Å². The summed E-state index contributed by atoms with van der Waals surface area (Å²) in [5.41, 5.74) is 3.08. The number of nitrogens with zero attached hydrogens (tertiary/aromatic N) is 1. The number of benzene rings is 1. The van der Waals surface area contributed by atoms with Crippen LogP contribution in [0.5, 0.6) is 0 Å². The van der Waals surface area contributed by atoms with Crippen molar-refractivity contribution in [3.8, 4) is 0 Å². The molecule has 18 heavy (non-hydrogen) atoms. The van der Waals surface area contributed by atoms with E-state index in [0.29, 0.717) is 18.4 Å². The van der Waals surface area contributed by atoms with Gasteiger partial charge in [-0.1, -0.05) is 0 Å². The first-order valence-corrected chi connectivity index (χ1v) is 5.67. The molecule has 1 aromatic heterocycles. The highest BCUT2D eigenvalue weighted by Gasteiger charge is 2.13. The second-order valence-corrected chi connectivity index (χ2v) is 4.08. The number of esters is 1. The molecule has 1 heterocycles. The smallest absolute Gasteiger partial charge is 0.337 e. The molecule has 0 radical (unpaired) electrons. The Bertz CT molecular complexity index is 602. The lowest BCUT2D eigenvalue weighted by Crippen LogP contribution is -2.01. The molecule has 0 fully saturated rings. The molecular weight excluding hydrogens is 232 g/mol. The van der Waals surface area contributed by atoms with E-state index in [-0.39, 0.29) is 5.97 Å². The summed E-state index contributed by atoms with van der Waals surface area (Å²) >= 11 is 0. The Labute approximate surface area is 104 Å². The third kappa shape index (κ3) is 2.11. The number of ether oxygens (including phenoxy) is 1. The highest BCUT2D eigenvalue weighted by Crippen LogP contribution is 2.23. The molecule has 0 aliphatic carbocycles. The minimum Gasteiger partial charge on any atom is -0.465 e. The molecule has 1 N–H and O–H groups in total. The fourth-order valence-electron chi connectivity index (χ4n) is 2.05. The van der Waals surface area contributed by atoms with E-state index in [9.17, 15) is 9.59 Å². The van der Waals surface area contributed by atoms with Crippen molar-refractivity contribution in [1.29, 1.82) is 0 Å². The van der Waals surface area contributed by atoms with Gasteiger partial charge in [0, 0.05) is 11.8 Å². The zero-order chi connectivity index (χ0) is 13.1. The van der Waals surface area contributed by atoms with Gasteiger partial charge in [0.05, 0.1) is 23.9 Å². The summed E-state index contributed by atoms with van der Waals surface area (Å²) in [6.07, 6.45) is 1.92. The molecule has 5 nitrogen and oxygen atoms in total. The van der Waals surface area contributed by atoms with Crippen LogP contribution in [-0.2, 0) is 16.0 Å². The van der Waals surface area contributed by atoms with Gasteiger partial charge in [-0.2, -0.15) is 5.10 Å². The first-order valence-electron chi connectivity index (χ1n) is 5.67. The van der Waals surface area contributed by atoms with Gasteiger partial charge in [0.2, 0.25) is 0 Å². The van der Waals surface area contributed by atoms with Crippen LogP contribution in [0, 0.1) is 6.92 Å². The number of methoxy groups -OCH3 is 1. The van der Waals surface area contributed by atoms with Crippen LogP contribution in [0.25, 0.3) is 10.9 Å². The topological polar surface area (TPSA) is 72.1 Å². The van der Waals surface area contributed by atoms with E-state index in [4.69, 9.17) is 4.74 Å². The van der Waals surface area contributed by atoms with Crippen LogP contribution in [0.4, 0.5) is 0 Å². The summed E-state index contributed by atoms with van der Waals surface area (Å²) in [5.74, 6) is -0.371. The van der Waals surface area contributed by atoms with Crippen LogP contribution < -0.4 is 0 Å². The summed E-state index contributed by atoms with van der Waals surface area (Å²) in [4.78, 5) is 21.9. The van der Waals surface area contributed by atoms with E-state index in [1.54, 1.807) is 12.1 Å². The van der Waals surface area contributed by atoms with E-state index < -0.39 is 0 Å². The molecular formula is C13H14N2O3. The Morgan fingerprint density at radius 3 is 2.94 bits per heavy atom. The minimum atomic E-state index is -0.371. The Hall–Kier alpha value is -2.17. The minimum absolute atomic E-state index is 0.371. The average molecular weight is 246 g/mol. The van der Waals surface area contributed by atoms with Gasteiger partial charge in [0.1, 0.15) is 6.29 Å².